The van der Waals surface area contributed by atoms with Crippen molar-refractivity contribution >= 4 is 12.0 Å². The van der Waals surface area contributed by atoms with Crippen LogP contribution in [0.5, 0.6) is 0 Å². The minimum Gasteiger partial charge on any atom is -0.444 e. The maximum Gasteiger partial charge on any atom is 0.408 e. The summed E-state index contributed by atoms with van der Waals surface area (Å²) in [6, 6.07) is 7.00. The number of alkyl carbamates (subject to hydrolysis) is 1. The first-order valence-electron chi connectivity index (χ1n) is 8.80. The SMILES string of the molecule is C=C(C)NCc1ccc(C[C@H](NC(=O)OC(C)(C)C)C(=O)N(C)OC)cc1. The van der Waals surface area contributed by atoms with Crippen LogP contribution in [0.4, 0.5) is 4.79 Å². The first-order chi connectivity index (χ1) is 12.5. The van der Waals surface area contributed by atoms with Gasteiger partial charge in [-0.15, -0.1) is 0 Å². The number of nitrogens with one attached hydrogen (secondary N) is 2. The van der Waals surface area contributed by atoms with Crippen LogP contribution in [0.15, 0.2) is 36.5 Å². The van der Waals surface area contributed by atoms with Gasteiger partial charge in [0, 0.05) is 25.7 Å². The predicted octanol–water partition coefficient (Wildman–Crippen LogP) is 2.77. The van der Waals surface area contributed by atoms with Gasteiger partial charge in [-0.3, -0.25) is 9.63 Å². The summed E-state index contributed by atoms with van der Waals surface area (Å²) in [4.78, 5) is 29.6. The zero-order chi connectivity index (χ0) is 20.6. The van der Waals surface area contributed by atoms with E-state index in [-0.39, 0.29) is 5.91 Å². The molecule has 0 bridgehead atoms. The van der Waals surface area contributed by atoms with Crippen molar-refractivity contribution in [2.24, 2.45) is 0 Å². The molecule has 150 valence electrons. The van der Waals surface area contributed by atoms with Gasteiger partial charge in [0.1, 0.15) is 11.6 Å². The summed E-state index contributed by atoms with van der Waals surface area (Å²) in [7, 11) is 2.89. The number of likely N-dealkylation sites (N-methyl/N-ethyl adjacent to an activating group) is 1. The fraction of sp³-hybridized carbons (Fsp3) is 0.500. The Morgan fingerprint density at radius 2 is 1.74 bits per heavy atom. The van der Waals surface area contributed by atoms with Gasteiger partial charge >= 0.3 is 6.09 Å². The maximum atomic E-state index is 12.5. The number of hydrogen-bond donors (Lipinski definition) is 2. The lowest BCUT2D eigenvalue weighted by atomic mass is 10.0. The zero-order valence-electron chi connectivity index (χ0n) is 17.1. The molecule has 0 aliphatic carbocycles. The Balaban J connectivity index is 2.85. The Hall–Kier alpha value is -2.54. The van der Waals surface area contributed by atoms with E-state index in [0.717, 1.165) is 21.9 Å². The Bertz CT molecular complexity index is 650. The van der Waals surface area contributed by atoms with Crippen LogP contribution < -0.4 is 10.6 Å². The molecule has 7 heteroatoms. The lowest BCUT2D eigenvalue weighted by molar-refractivity contribution is -0.171. The number of carbonyl (C=O) groups is 2. The lowest BCUT2D eigenvalue weighted by Gasteiger charge is -2.25. The van der Waals surface area contributed by atoms with Crippen LogP contribution in [0, 0.1) is 0 Å². The summed E-state index contributed by atoms with van der Waals surface area (Å²) in [6.45, 7) is 11.7. The Morgan fingerprint density at radius 3 is 2.22 bits per heavy atom. The highest BCUT2D eigenvalue weighted by atomic mass is 16.7. The van der Waals surface area contributed by atoms with E-state index < -0.39 is 17.7 Å². The quantitative estimate of drug-likeness (QED) is 0.681. The molecule has 0 saturated carbocycles. The van der Waals surface area contributed by atoms with Crippen molar-refractivity contribution in [1.29, 1.82) is 0 Å². The highest BCUT2D eigenvalue weighted by Gasteiger charge is 2.27. The minimum atomic E-state index is -0.802. The number of allylic oxidation sites excluding steroid dienone is 1. The van der Waals surface area contributed by atoms with Crippen LogP contribution in [-0.4, -0.2) is 42.9 Å². The molecule has 0 aliphatic rings. The monoisotopic (exact) mass is 377 g/mol. The van der Waals surface area contributed by atoms with Gasteiger partial charge in [0.2, 0.25) is 0 Å². The number of amides is 2. The van der Waals surface area contributed by atoms with Gasteiger partial charge in [0.05, 0.1) is 7.11 Å². The first kappa shape index (κ1) is 22.5. The van der Waals surface area contributed by atoms with Crippen molar-refractivity contribution in [1.82, 2.24) is 15.7 Å². The van der Waals surface area contributed by atoms with Gasteiger partial charge in [-0.1, -0.05) is 30.8 Å². The molecule has 0 radical (unpaired) electrons. The van der Waals surface area contributed by atoms with Gasteiger partial charge in [0.25, 0.3) is 5.91 Å². The van der Waals surface area contributed by atoms with Gasteiger partial charge < -0.3 is 15.4 Å². The molecule has 0 spiro atoms. The first-order valence-corrected chi connectivity index (χ1v) is 8.80. The summed E-state index contributed by atoms with van der Waals surface area (Å²) >= 11 is 0. The smallest absolute Gasteiger partial charge is 0.408 e. The Kier molecular flexibility index (Phi) is 8.31. The molecule has 2 amide bonds. The van der Waals surface area contributed by atoms with Gasteiger partial charge in [-0.05, 0) is 38.8 Å². The van der Waals surface area contributed by atoms with Crippen molar-refractivity contribution in [3.05, 3.63) is 47.7 Å². The van der Waals surface area contributed by atoms with Crippen LogP contribution in [0.2, 0.25) is 0 Å². The molecule has 2 N–H and O–H groups in total. The van der Waals surface area contributed by atoms with E-state index in [9.17, 15) is 9.59 Å². The molecule has 1 aromatic rings. The topological polar surface area (TPSA) is 79.9 Å². The molecule has 0 heterocycles. The molecule has 7 nitrogen and oxygen atoms in total. The van der Waals surface area contributed by atoms with Crippen LogP contribution in [0.3, 0.4) is 0 Å². The molecule has 1 rings (SSSR count). The molecule has 0 aromatic heterocycles. The van der Waals surface area contributed by atoms with Crippen molar-refractivity contribution < 1.29 is 19.2 Å². The number of ether oxygens (including phenoxy) is 1. The predicted molar refractivity (Wildman–Crippen MR) is 105 cm³/mol. The fourth-order valence-electron chi connectivity index (χ4n) is 2.24. The third-order valence-electron chi connectivity index (χ3n) is 3.63. The van der Waals surface area contributed by atoms with E-state index in [1.165, 1.54) is 14.2 Å². The van der Waals surface area contributed by atoms with E-state index in [1.54, 1.807) is 20.8 Å². The largest absolute Gasteiger partial charge is 0.444 e. The molecule has 0 fully saturated rings. The van der Waals surface area contributed by atoms with E-state index in [2.05, 4.69) is 17.2 Å². The normalized spacial score (nSPS) is 12.1. The second-order valence-electron chi connectivity index (χ2n) is 7.37. The molecule has 1 atom stereocenters. The van der Waals surface area contributed by atoms with E-state index in [0.29, 0.717) is 13.0 Å². The third-order valence-corrected chi connectivity index (χ3v) is 3.63. The summed E-state index contributed by atoms with van der Waals surface area (Å²) in [5.41, 5.74) is 2.25. The van der Waals surface area contributed by atoms with Crippen LogP contribution in [-0.2, 0) is 27.3 Å². The lowest BCUT2D eigenvalue weighted by Crippen LogP contribution is -2.49. The molecule has 1 aromatic carbocycles. The van der Waals surface area contributed by atoms with E-state index >= 15 is 0 Å². The number of hydrogen-bond acceptors (Lipinski definition) is 5. The van der Waals surface area contributed by atoms with E-state index in [4.69, 9.17) is 9.57 Å². The molecular weight excluding hydrogens is 346 g/mol. The van der Waals surface area contributed by atoms with E-state index in [1.807, 2.05) is 31.2 Å². The maximum absolute atomic E-state index is 12.5. The summed E-state index contributed by atoms with van der Waals surface area (Å²) < 4.78 is 5.26. The van der Waals surface area contributed by atoms with Gasteiger partial charge in [0.15, 0.2) is 0 Å². The average Bonchev–Trinajstić information content (AvgIpc) is 2.57. The summed E-state index contributed by atoms with van der Waals surface area (Å²) in [5, 5.41) is 6.89. The van der Waals surface area contributed by atoms with Crippen molar-refractivity contribution in [2.75, 3.05) is 14.2 Å². The second-order valence-corrected chi connectivity index (χ2v) is 7.37. The van der Waals surface area contributed by atoms with Crippen LogP contribution in [0.1, 0.15) is 38.8 Å². The number of benzene rings is 1. The van der Waals surface area contributed by atoms with Crippen LogP contribution in [0.25, 0.3) is 0 Å². The highest BCUT2D eigenvalue weighted by Crippen LogP contribution is 2.11. The van der Waals surface area contributed by atoms with Crippen molar-refractivity contribution in [2.45, 2.75) is 52.3 Å². The van der Waals surface area contributed by atoms with Gasteiger partial charge in [-0.2, -0.15) is 0 Å². The highest BCUT2D eigenvalue weighted by molar-refractivity contribution is 5.85. The van der Waals surface area contributed by atoms with Crippen molar-refractivity contribution in [3.8, 4) is 0 Å². The molecule has 0 aliphatic heterocycles. The standard InChI is InChI=1S/C20H31N3O4/c1-14(2)21-13-16-10-8-15(9-11-16)12-17(18(24)23(6)26-7)22-19(25)27-20(3,4)5/h8-11,17,21H,1,12-13H2,2-7H3,(H,22,25)/t17-/m0/s1. The average molecular weight is 377 g/mol. The molecule has 0 unspecified atom stereocenters. The molecule has 27 heavy (non-hydrogen) atoms. The Labute approximate surface area is 161 Å². The number of hydroxylamine groups is 2. The van der Waals surface area contributed by atoms with Crippen LogP contribution >= 0.6 is 0 Å². The third kappa shape index (κ3) is 8.59. The zero-order valence-corrected chi connectivity index (χ0v) is 17.1. The number of carbonyl (C=O) groups excluding carboxylic acids is 2. The Morgan fingerprint density at radius 1 is 1.19 bits per heavy atom. The molecular formula is C20H31N3O4. The number of rotatable bonds is 8. The summed E-state index contributed by atoms with van der Waals surface area (Å²) in [5.74, 6) is -0.364. The summed E-state index contributed by atoms with van der Waals surface area (Å²) in [6.07, 6.45) is -0.326. The fourth-order valence-corrected chi connectivity index (χ4v) is 2.24. The molecule has 0 saturated heterocycles. The van der Waals surface area contributed by atoms with Crippen molar-refractivity contribution in [3.63, 3.8) is 0 Å². The number of nitrogens with zero attached hydrogens (tertiary/aromatic N) is 1. The second kappa shape index (κ2) is 9.97. The van der Waals surface area contributed by atoms with Gasteiger partial charge in [-0.25, -0.2) is 9.86 Å². The minimum absolute atomic E-state index is 0.319.